The molecule has 0 N–H and O–H groups in total. The van der Waals surface area contributed by atoms with Crippen molar-refractivity contribution in [1.82, 2.24) is 0 Å². The Labute approximate surface area is 67.9 Å². The van der Waals surface area contributed by atoms with Gasteiger partial charge in [-0.3, -0.25) is 4.79 Å². The molecule has 64 valence electrons. The Morgan fingerprint density at radius 1 is 1.73 bits per heavy atom. The summed E-state index contributed by atoms with van der Waals surface area (Å²) in [5.74, 6) is 0.482. The van der Waals surface area contributed by atoms with Crippen molar-refractivity contribution in [3.63, 3.8) is 0 Å². The number of hydrogen-bond donors (Lipinski definition) is 0. The van der Waals surface area contributed by atoms with Crippen molar-refractivity contribution >= 4 is 5.78 Å². The van der Waals surface area contributed by atoms with Gasteiger partial charge in [-0.05, 0) is 13.3 Å². The van der Waals surface area contributed by atoms with E-state index in [0.717, 1.165) is 25.9 Å². The van der Waals surface area contributed by atoms with Crippen LogP contribution in [-0.2, 0) is 9.53 Å². The van der Waals surface area contributed by atoms with Crippen LogP contribution in [0.25, 0.3) is 0 Å². The van der Waals surface area contributed by atoms with Crippen LogP contribution in [0.2, 0.25) is 0 Å². The molecule has 0 aliphatic carbocycles. The first kappa shape index (κ1) is 8.72. The minimum atomic E-state index is 0.190. The van der Waals surface area contributed by atoms with Crippen molar-refractivity contribution in [1.29, 1.82) is 0 Å². The fourth-order valence-electron chi connectivity index (χ4n) is 1.36. The lowest BCUT2D eigenvalue weighted by Gasteiger charge is -2.08. The van der Waals surface area contributed by atoms with Crippen LogP contribution in [0.3, 0.4) is 0 Å². The molecule has 2 atom stereocenters. The maximum atomic E-state index is 11.1. The predicted octanol–water partition coefficient (Wildman–Crippen LogP) is 1.78. The van der Waals surface area contributed by atoms with Gasteiger partial charge in [-0.2, -0.15) is 0 Å². The highest BCUT2D eigenvalue weighted by Crippen LogP contribution is 2.25. The van der Waals surface area contributed by atoms with E-state index in [1.165, 1.54) is 0 Å². The third kappa shape index (κ3) is 2.62. The highest BCUT2D eigenvalue weighted by molar-refractivity contribution is 5.79. The summed E-state index contributed by atoms with van der Waals surface area (Å²) in [5, 5.41) is 0. The lowest BCUT2D eigenvalue weighted by molar-refractivity contribution is -0.121. The minimum absolute atomic E-state index is 0.190. The number of ketones is 1. The normalized spacial score (nSPS) is 24.7. The molecule has 2 heteroatoms. The van der Waals surface area contributed by atoms with Gasteiger partial charge in [-0.15, -0.1) is 0 Å². The molecule has 0 amide bonds. The second-order valence-electron chi connectivity index (χ2n) is 3.23. The Morgan fingerprint density at radius 3 is 2.73 bits per heavy atom. The first-order chi connectivity index (χ1) is 5.25. The Kier molecular flexibility index (Phi) is 3.06. The van der Waals surface area contributed by atoms with Gasteiger partial charge in [0.2, 0.25) is 0 Å². The summed E-state index contributed by atoms with van der Waals surface area (Å²) >= 11 is 0. The Hall–Kier alpha value is -0.370. The number of hydrogen-bond acceptors (Lipinski definition) is 2. The molecule has 11 heavy (non-hydrogen) atoms. The summed E-state index contributed by atoms with van der Waals surface area (Å²) in [5.41, 5.74) is 0. The second-order valence-corrected chi connectivity index (χ2v) is 3.23. The molecule has 0 saturated carbocycles. The van der Waals surface area contributed by atoms with Gasteiger partial charge in [0.15, 0.2) is 0 Å². The van der Waals surface area contributed by atoms with Crippen molar-refractivity contribution in [2.45, 2.75) is 39.2 Å². The molecule has 1 rings (SSSR count). The van der Waals surface area contributed by atoms with E-state index in [1.54, 1.807) is 6.92 Å². The first-order valence-electron chi connectivity index (χ1n) is 4.37. The van der Waals surface area contributed by atoms with Gasteiger partial charge in [0.25, 0.3) is 0 Å². The van der Waals surface area contributed by atoms with E-state index in [2.05, 4.69) is 6.92 Å². The van der Waals surface area contributed by atoms with Gasteiger partial charge in [-0.25, -0.2) is 0 Å². The third-order valence-corrected chi connectivity index (χ3v) is 2.20. The molecule has 2 unspecified atom stereocenters. The molecule has 1 aliphatic heterocycles. The molecular formula is C9H16O2. The summed E-state index contributed by atoms with van der Waals surface area (Å²) in [4.78, 5) is 11.1. The third-order valence-electron chi connectivity index (χ3n) is 2.20. The van der Waals surface area contributed by atoms with Crippen LogP contribution < -0.4 is 0 Å². The average molecular weight is 156 g/mol. The summed E-state index contributed by atoms with van der Waals surface area (Å²) in [6, 6.07) is 0. The van der Waals surface area contributed by atoms with Crippen LogP contribution in [0.1, 0.15) is 33.1 Å². The van der Waals surface area contributed by atoms with Gasteiger partial charge >= 0.3 is 0 Å². The molecule has 0 radical (unpaired) electrons. The van der Waals surface area contributed by atoms with Crippen LogP contribution in [0, 0.1) is 5.92 Å². The first-order valence-corrected chi connectivity index (χ1v) is 4.37. The van der Waals surface area contributed by atoms with Crippen LogP contribution in [0.4, 0.5) is 0 Å². The Balaban J connectivity index is 2.26. The van der Waals surface area contributed by atoms with Crippen molar-refractivity contribution in [2.75, 3.05) is 6.61 Å². The molecule has 1 saturated heterocycles. The lowest BCUT2D eigenvalue weighted by atomic mass is 9.95. The van der Waals surface area contributed by atoms with Crippen LogP contribution >= 0.6 is 0 Å². The van der Waals surface area contributed by atoms with E-state index in [-0.39, 0.29) is 12.0 Å². The quantitative estimate of drug-likeness (QED) is 0.568. The van der Waals surface area contributed by atoms with Gasteiger partial charge in [-0.1, -0.05) is 19.8 Å². The SMILES string of the molecule is CCCCC(C(C)=O)C1CO1. The van der Waals surface area contributed by atoms with E-state index < -0.39 is 0 Å². The van der Waals surface area contributed by atoms with Crippen LogP contribution in [-0.4, -0.2) is 18.5 Å². The molecule has 2 nitrogen and oxygen atoms in total. The minimum Gasteiger partial charge on any atom is -0.372 e. The smallest absolute Gasteiger partial charge is 0.135 e. The van der Waals surface area contributed by atoms with Gasteiger partial charge < -0.3 is 4.74 Å². The van der Waals surface area contributed by atoms with E-state index in [4.69, 9.17) is 4.74 Å². The molecule has 0 aromatic carbocycles. The number of rotatable bonds is 5. The fourth-order valence-corrected chi connectivity index (χ4v) is 1.36. The highest BCUT2D eigenvalue weighted by Gasteiger charge is 2.34. The predicted molar refractivity (Wildman–Crippen MR) is 43.4 cm³/mol. The van der Waals surface area contributed by atoms with E-state index in [0.29, 0.717) is 5.78 Å². The van der Waals surface area contributed by atoms with Gasteiger partial charge in [0.1, 0.15) is 5.78 Å². The summed E-state index contributed by atoms with van der Waals surface area (Å²) < 4.78 is 5.11. The van der Waals surface area contributed by atoms with E-state index >= 15 is 0 Å². The molecule has 1 heterocycles. The van der Waals surface area contributed by atoms with Crippen LogP contribution in [0.5, 0.6) is 0 Å². The number of carbonyl (C=O) groups excluding carboxylic acids is 1. The topological polar surface area (TPSA) is 29.6 Å². The summed E-state index contributed by atoms with van der Waals surface area (Å²) in [7, 11) is 0. The molecule has 1 aliphatic rings. The number of ether oxygens (including phenoxy) is 1. The van der Waals surface area contributed by atoms with Gasteiger partial charge in [0.05, 0.1) is 12.7 Å². The number of carbonyl (C=O) groups is 1. The van der Waals surface area contributed by atoms with Crippen molar-refractivity contribution < 1.29 is 9.53 Å². The Bertz CT molecular complexity index is 138. The molecule has 1 fully saturated rings. The summed E-state index contributed by atoms with van der Waals surface area (Å²) in [6.45, 7) is 4.61. The fraction of sp³-hybridized carbons (Fsp3) is 0.889. The molecule has 0 aromatic heterocycles. The van der Waals surface area contributed by atoms with Crippen molar-refractivity contribution in [2.24, 2.45) is 5.92 Å². The molecule has 0 aromatic rings. The molecular weight excluding hydrogens is 140 g/mol. The second kappa shape index (κ2) is 3.86. The van der Waals surface area contributed by atoms with Crippen molar-refractivity contribution in [3.05, 3.63) is 0 Å². The number of epoxide rings is 1. The van der Waals surface area contributed by atoms with Gasteiger partial charge in [0, 0.05) is 5.92 Å². The van der Waals surface area contributed by atoms with E-state index in [1.807, 2.05) is 0 Å². The average Bonchev–Trinajstić information content (AvgIpc) is 2.71. The maximum absolute atomic E-state index is 11.1. The highest BCUT2D eigenvalue weighted by atomic mass is 16.6. The van der Waals surface area contributed by atoms with Crippen molar-refractivity contribution in [3.8, 4) is 0 Å². The molecule has 0 spiro atoms. The maximum Gasteiger partial charge on any atom is 0.135 e. The molecule has 0 bridgehead atoms. The largest absolute Gasteiger partial charge is 0.372 e. The Morgan fingerprint density at radius 2 is 2.36 bits per heavy atom. The monoisotopic (exact) mass is 156 g/mol. The van der Waals surface area contributed by atoms with E-state index in [9.17, 15) is 4.79 Å². The zero-order chi connectivity index (χ0) is 8.27. The number of Topliss-reactive ketones (excluding diaryl/α,β-unsaturated/α-hetero) is 1. The standard InChI is InChI=1S/C9H16O2/c1-3-4-5-8(7(2)10)9-6-11-9/h8-9H,3-6H2,1-2H3. The zero-order valence-corrected chi connectivity index (χ0v) is 7.30. The number of unbranched alkanes of at least 4 members (excludes halogenated alkanes) is 1. The summed E-state index contributed by atoms with van der Waals surface area (Å²) in [6.07, 6.45) is 3.58. The lowest BCUT2D eigenvalue weighted by Crippen LogP contribution is -2.17. The zero-order valence-electron chi connectivity index (χ0n) is 7.30. The van der Waals surface area contributed by atoms with Crippen LogP contribution in [0.15, 0.2) is 0 Å².